The summed E-state index contributed by atoms with van der Waals surface area (Å²) in [5, 5.41) is 0.392. The van der Waals surface area contributed by atoms with Crippen molar-refractivity contribution >= 4 is 25.1 Å². The molecule has 0 amide bonds. The Morgan fingerprint density at radius 3 is 2.62 bits per heavy atom. The zero-order valence-electron chi connectivity index (χ0n) is 11.3. The van der Waals surface area contributed by atoms with E-state index in [0.29, 0.717) is 16.8 Å². The van der Waals surface area contributed by atoms with E-state index < -0.39 is 0 Å². The first kappa shape index (κ1) is 12.4. The first-order valence-corrected chi connectivity index (χ1v) is 6.94. The molecule has 3 heteroatoms. The predicted molar refractivity (Wildman–Crippen MR) is 76.8 cm³/mol. The Balaban J connectivity index is 2.36. The summed E-state index contributed by atoms with van der Waals surface area (Å²) in [5.41, 5.74) is 0.438. The van der Waals surface area contributed by atoms with Crippen molar-refractivity contribution in [3.8, 4) is 0 Å². The van der Waals surface area contributed by atoms with E-state index in [9.17, 15) is 0 Å². The molecule has 1 nitrogen and oxygen atoms in total. The first-order valence-electron chi connectivity index (χ1n) is 6.53. The molecule has 1 saturated heterocycles. The third kappa shape index (κ3) is 1.63. The molecule has 0 spiro atoms. The molecule has 0 N–H and O–H groups in total. The minimum atomic E-state index is 0.392. The summed E-state index contributed by atoms with van der Waals surface area (Å²) in [5.74, 6) is 0.752. The van der Waals surface area contributed by atoms with Gasteiger partial charge in [-0.3, -0.25) is 0 Å². The number of rotatable bonds is 0. The number of thiocarbonyl (C=S) groups is 1. The van der Waals surface area contributed by atoms with Crippen molar-refractivity contribution in [2.24, 2.45) is 11.3 Å². The average Bonchev–Trinajstić information content (AvgIpc) is 2.41. The highest BCUT2D eigenvalue weighted by molar-refractivity contribution is 7.80. The molecule has 3 atom stereocenters. The fraction of sp³-hybridized carbons (Fsp3) is 0.923. The van der Waals surface area contributed by atoms with Crippen molar-refractivity contribution in [1.82, 2.24) is 4.90 Å². The van der Waals surface area contributed by atoms with E-state index in [2.05, 4.69) is 40.6 Å². The lowest BCUT2D eigenvalue weighted by molar-refractivity contribution is 0.162. The lowest BCUT2D eigenvalue weighted by atomic mass is 9.48. The van der Waals surface area contributed by atoms with Crippen LogP contribution in [0.3, 0.4) is 0 Å². The fourth-order valence-electron chi connectivity index (χ4n) is 3.63. The molecule has 3 unspecified atom stereocenters. The fourth-order valence-corrected chi connectivity index (χ4v) is 3.95. The van der Waals surface area contributed by atoms with Crippen LogP contribution in [0.4, 0.5) is 0 Å². The van der Waals surface area contributed by atoms with Crippen LogP contribution >= 0.6 is 12.2 Å². The minimum Gasteiger partial charge on any atom is -0.366 e. The second-order valence-corrected chi connectivity index (χ2v) is 7.35. The molecule has 0 aromatic heterocycles. The number of fused-ring (bicyclic) bond motifs is 1. The molecule has 1 heterocycles. The van der Waals surface area contributed by atoms with Gasteiger partial charge in [0.05, 0.1) is 4.99 Å². The smallest absolute Gasteiger partial charge is 0.110 e. The van der Waals surface area contributed by atoms with Gasteiger partial charge in [0.15, 0.2) is 0 Å². The third-order valence-corrected chi connectivity index (χ3v) is 6.18. The van der Waals surface area contributed by atoms with Crippen LogP contribution in [-0.4, -0.2) is 30.8 Å². The minimum absolute atomic E-state index is 0.392. The monoisotopic (exact) mass is 237 g/mol. The van der Waals surface area contributed by atoms with Crippen LogP contribution in [0.5, 0.6) is 0 Å². The maximum Gasteiger partial charge on any atom is 0.110 e. The number of hydrogen-bond donors (Lipinski definition) is 0. The molecule has 90 valence electrons. The number of hydrogen-bond acceptors (Lipinski definition) is 1. The molecule has 0 radical (unpaired) electrons. The van der Waals surface area contributed by atoms with Crippen molar-refractivity contribution in [3.05, 3.63) is 0 Å². The molecule has 1 aliphatic carbocycles. The van der Waals surface area contributed by atoms with Crippen LogP contribution in [0, 0.1) is 11.3 Å². The third-order valence-electron chi connectivity index (χ3n) is 5.72. The van der Waals surface area contributed by atoms with Crippen LogP contribution in [0.25, 0.3) is 0 Å². The molecule has 0 aromatic rings. The number of likely N-dealkylation sites (tertiary alicyclic amines) is 1. The van der Waals surface area contributed by atoms with Crippen LogP contribution in [0.2, 0.25) is 5.31 Å². The summed E-state index contributed by atoms with van der Waals surface area (Å²) in [6.07, 6.45) is 5.17. The van der Waals surface area contributed by atoms with Gasteiger partial charge in [-0.05, 0) is 24.2 Å². The molecule has 0 bridgehead atoms. The van der Waals surface area contributed by atoms with E-state index in [1.54, 1.807) is 0 Å². The Hall–Kier alpha value is -0.0451. The summed E-state index contributed by atoms with van der Waals surface area (Å²) in [4.78, 5) is 3.56. The van der Waals surface area contributed by atoms with E-state index in [-0.39, 0.29) is 0 Å². The van der Waals surface area contributed by atoms with Crippen LogP contribution < -0.4 is 0 Å². The largest absolute Gasteiger partial charge is 0.366 e. The Morgan fingerprint density at radius 2 is 2.00 bits per heavy atom. The second-order valence-electron chi connectivity index (χ2n) is 6.88. The standard InChI is InChI=1S/C13H24BNS/c1-12(2)7-5-6-10-9(13(12,3)14)8-11(16)15(10)4/h9-10H,5-8,14H2,1-4H3. The highest BCUT2D eigenvalue weighted by Crippen LogP contribution is 2.58. The SMILES string of the molecule is BC1(C)C2CC(=S)N(C)C2CCCC1(C)C. The van der Waals surface area contributed by atoms with Gasteiger partial charge in [0, 0.05) is 19.5 Å². The Morgan fingerprint density at radius 1 is 1.38 bits per heavy atom. The van der Waals surface area contributed by atoms with Crippen molar-refractivity contribution in [2.75, 3.05) is 7.05 Å². The maximum atomic E-state index is 5.50. The molecule has 2 aliphatic rings. The Labute approximate surface area is 106 Å². The summed E-state index contributed by atoms with van der Waals surface area (Å²) in [6.45, 7) is 7.34. The van der Waals surface area contributed by atoms with Gasteiger partial charge < -0.3 is 4.90 Å². The lowest BCUT2D eigenvalue weighted by Gasteiger charge is -2.46. The summed E-state index contributed by atoms with van der Waals surface area (Å²) in [7, 11) is 4.65. The normalized spacial score (nSPS) is 43.0. The number of nitrogens with zero attached hydrogens (tertiary/aromatic N) is 1. The summed E-state index contributed by atoms with van der Waals surface area (Å²) >= 11 is 5.50. The van der Waals surface area contributed by atoms with E-state index in [1.807, 2.05) is 0 Å². The second kappa shape index (κ2) is 3.73. The zero-order valence-corrected chi connectivity index (χ0v) is 12.2. The predicted octanol–water partition coefficient (Wildman–Crippen LogP) is 2.66. The quantitative estimate of drug-likeness (QED) is 0.470. The van der Waals surface area contributed by atoms with Crippen LogP contribution in [0.15, 0.2) is 0 Å². The van der Waals surface area contributed by atoms with Gasteiger partial charge in [-0.15, -0.1) is 0 Å². The van der Waals surface area contributed by atoms with Crippen LogP contribution in [0.1, 0.15) is 46.5 Å². The van der Waals surface area contributed by atoms with E-state index >= 15 is 0 Å². The van der Waals surface area contributed by atoms with Gasteiger partial charge in [0.1, 0.15) is 7.85 Å². The van der Waals surface area contributed by atoms with E-state index in [1.165, 1.54) is 24.3 Å². The van der Waals surface area contributed by atoms with Crippen molar-refractivity contribution in [2.45, 2.75) is 57.8 Å². The molecule has 0 aromatic carbocycles. The van der Waals surface area contributed by atoms with Gasteiger partial charge in [0.2, 0.25) is 0 Å². The van der Waals surface area contributed by atoms with E-state index in [4.69, 9.17) is 12.2 Å². The lowest BCUT2D eigenvalue weighted by Crippen LogP contribution is -2.39. The van der Waals surface area contributed by atoms with Gasteiger partial charge in [0.25, 0.3) is 0 Å². The Bertz CT molecular complexity index is 311. The van der Waals surface area contributed by atoms with Crippen molar-refractivity contribution in [3.63, 3.8) is 0 Å². The molecule has 16 heavy (non-hydrogen) atoms. The molecule has 2 rings (SSSR count). The maximum absolute atomic E-state index is 5.50. The molecular weight excluding hydrogens is 213 g/mol. The molecular formula is C13H24BNS. The molecule has 2 fully saturated rings. The van der Waals surface area contributed by atoms with E-state index in [0.717, 1.165) is 12.3 Å². The molecule has 1 aliphatic heterocycles. The first-order chi connectivity index (χ1) is 7.27. The highest BCUT2D eigenvalue weighted by Gasteiger charge is 2.51. The molecule has 1 saturated carbocycles. The van der Waals surface area contributed by atoms with Crippen LogP contribution in [-0.2, 0) is 0 Å². The average molecular weight is 237 g/mol. The van der Waals surface area contributed by atoms with Gasteiger partial charge >= 0.3 is 0 Å². The highest BCUT2D eigenvalue weighted by atomic mass is 32.1. The summed E-state index contributed by atoms with van der Waals surface area (Å²) in [6, 6.07) is 0.698. The zero-order chi connectivity index (χ0) is 12.1. The van der Waals surface area contributed by atoms with Crippen molar-refractivity contribution < 1.29 is 0 Å². The van der Waals surface area contributed by atoms with Gasteiger partial charge in [-0.1, -0.05) is 44.7 Å². The topological polar surface area (TPSA) is 3.24 Å². The Kier molecular flexibility index (Phi) is 2.89. The van der Waals surface area contributed by atoms with Gasteiger partial charge in [-0.2, -0.15) is 0 Å². The van der Waals surface area contributed by atoms with Gasteiger partial charge in [-0.25, -0.2) is 0 Å². The summed E-state index contributed by atoms with van der Waals surface area (Å²) < 4.78 is 0. The van der Waals surface area contributed by atoms with Crippen molar-refractivity contribution in [1.29, 1.82) is 0 Å².